The largest absolute Gasteiger partial charge is 0.497 e. The Bertz CT molecular complexity index is 976. The number of hydrogen-bond acceptors (Lipinski definition) is 3. The minimum atomic E-state index is -3.17. The first-order valence-electron chi connectivity index (χ1n) is 7.77. The number of amides is 1. The van der Waals surface area contributed by atoms with E-state index >= 15 is 0 Å². The van der Waals surface area contributed by atoms with Crippen molar-refractivity contribution < 1.29 is 18.3 Å². The van der Waals surface area contributed by atoms with Crippen molar-refractivity contribution >= 4 is 16.8 Å². The van der Waals surface area contributed by atoms with Crippen LogP contribution >= 0.6 is 0 Å². The highest BCUT2D eigenvalue weighted by molar-refractivity contribution is 5.94. The number of nitrogens with zero attached hydrogens (tertiary/aromatic N) is 2. The number of benzene rings is 1. The molecule has 2 N–H and O–H groups in total. The van der Waals surface area contributed by atoms with E-state index in [1.54, 1.807) is 31.2 Å². The van der Waals surface area contributed by atoms with Crippen molar-refractivity contribution in [3.05, 3.63) is 46.9 Å². The number of nitrogens with one attached hydrogen (secondary N) is 2. The summed E-state index contributed by atoms with van der Waals surface area (Å²) in [6, 6.07) is 6.66. The van der Waals surface area contributed by atoms with Gasteiger partial charge in [-0.2, -0.15) is 13.9 Å². The average molecular weight is 346 g/mol. The zero-order valence-electron chi connectivity index (χ0n) is 13.7. The maximum Gasteiger partial charge on any atom is 0.305 e. The molecule has 0 aliphatic carbocycles. The van der Waals surface area contributed by atoms with Crippen molar-refractivity contribution in [2.45, 2.75) is 19.4 Å². The van der Waals surface area contributed by atoms with E-state index < -0.39 is 18.4 Å². The Balaban J connectivity index is 1.79. The maximum atomic E-state index is 14.7. The van der Waals surface area contributed by atoms with Gasteiger partial charge in [-0.1, -0.05) is 0 Å². The first-order valence-corrected chi connectivity index (χ1v) is 7.77. The molecule has 1 aliphatic rings. The number of ether oxygens (including phenoxy) is 1. The van der Waals surface area contributed by atoms with Crippen LogP contribution in [0.15, 0.2) is 24.3 Å². The molecule has 6 nitrogen and oxygen atoms in total. The summed E-state index contributed by atoms with van der Waals surface area (Å²) in [6.45, 7) is 1.15. The minimum Gasteiger partial charge on any atom is -0.497 e. The van der Waals surface area contributed by atoms with Crippen LogP contribution in [0.4, 0.5) is 8.78 Å². The Morgan fingerprint density at radius 2 is 2.16 bits per heavy atom. The van der Waals surface area contributed by atoms with Crippen LogP contribution < -0.4 is 4.74 Å². The Labute approximate surface area is 141 Å². The summed E-state index contributed by atoms with van der Waals surface area (Å²) in [4.78, 5) is 16.5. The molecule has 3 heterocycles. The summed E-state index contributed by atoms with van der Waals surface area (Å²) < 4.78 is 34.5. The third-order valence-corrected chi connectivity index (χ3v) is 4.43. The van der Waals surface area contributed by atoms with Gasteiger partial charge in [0.05, 0.1) is 19.3 Å². The number of halogens is 2. The lowest BCUT2D eigenvalue weighted by molar-refractivity contribution is -0.0481. The first kappa shape index (κ1) is 15.6. The first-order chi connectivity index (χ1) is 11.9. The molecule has 1 aliphatic heterocycles. The van der Waals surface area contributed by atoms with E-state index in [4.69, 9.17) is 4.74 Å². The quantitative estimate of drug-likeness (QED) is 0.749. The third kappa shape index (κ3) is 2.45. The molecule has 0 atom stereocenters. The van der Waals surface area contributed by atoms with Gasteiger partial charge in [-0.3, -0.25) is 9.89 Å². The zero-order chi connectivity index (χ0) is 17.8. The van der Waals surface area contributed by atoms with Crippen LogP contribution in [0.25, 0.3) is 10.9 Å². The molecule has 0 bridgehead atoms. The lowest BCUT2D eigenvalue weighted by atomic mass is 10.0. The Morgan fingerprint density at radius 1 is 1.36 bits per heavy atom. The zero-order valence-corrected chi connectivity index (χ0v) is 13.7. The molecule has 0 saturated heterocycles. The van der Waals surface area contributed by atoms with Crippen LogP contribution in [-0.2, 0) is 12.5 Å². The second kappa shape index (κ2) is 5.30. The number of aromatic nitrogens is 3. The highest BCUT2D eigenvalue weighted by atomic mass is 19.3. The lowest BCUT2D eigenvalue weighted by Crippen LogP contribution is -2.43. The summed E-state index contributed by atoms with van der Waals surface area (Å²) in [5.41, 5.74) is 1.69. The van der Waals surface area contributed by atoms with Crippen LogP contribution in [0.5, 0.6) is 5.75 Å². The van der Waals surface area contributed by atoms with Crippen LogP contribution in [0, 0.1) is 6.92 Å². The summed E-state index contributed by atoms with van der Waals surface area (Å²) in [5, 5.41) is 7.17. The van der Waals surface area contributed by atoms with Crippen molar-refractivity contribution in [3.8, 4) is 5.75 Å². The molecular formula is C17H16F2N4O2. The van der Waals surface area contributed by atoms with E-state index in [1.807, 2.05) is 0 Å². The standard InChI is InChI=1S/C17H16F2N4O2/c1-9-5-14(22-21-9)16(24)23-7-12-11-6-10(25-2)3-4-13(11)20-15(12)17(18,19)8-23/h3-6,20H,7-8H2,1-2H3,(H,21,22). The number of alkyl halides is 2. The predicted octanol–water partition coefficient (Wildman–Crippen LogP) is 2.96. The molecule has 0 fully saturated rings. The normalized spacial score (nSPS) is 16.1. The number of rotatable bonds is 2. The molecule has 0 unspecified atom stereocenters. The van der Waals surface area contributed by atoms with E-state index in [-0.39, 0.29) is 17.9 Å². The van der Waals surface area contributed by atoms with Gasteiger partial charge in [0.2, 0.25) is 0 Å². The number of H-pyrrole nitrogens is 2. The molecular weight excluding hydrogens is 330 g/mol. The monoisotopic (exact) mass is 346 g/mol. The van der Waals surface area contributed by atoms with Crippen LogP contribution in [-0.4, -0.2) is 39.6 Å². The van der Waals surface area contributed by atoms with E-state index in [1.165, 1.54) is 7.11 Å². The van der Waals surface area contributed by atoms with E-state index in [0.717, 1.165) is 4.90 Å². The molecule has 130 valence electrons. The smallest absolute Gasteiger partial charge is 0.305 e. The Morgan fingerprint density at radius 3 is 2.84 bits per heavy atom. The minimum absolute atomic E-state index is 0.0861. The van der Waals surface area contributed by atoms with Crippen LogP contribution in [0.1, 0.15) is 27.4 Å². The van der Waals surface area contributed by atoms with Gasteiger partial charge in [0.1, 0.15) is 11.4 Å². The molecule has 0 spiro atoms. The fourth-order valence-electron chi connectivity index (χ4n) is 3.23. The van der Waals surface area contributed by atoms with E-state index in [9.17, 15) is 13.6 Å². The summed E-state index contributed by atoms with van der Waals surface area (Å²) >= 11 is 0. The molecule has 0 radical (unpaired) electrons. The fourth-order valence-corrected chi connectivity index (χ4v) is 3.23. The third-order valence-electron chi connectivity index (χ3n) is 4.43. The average Bonchev–Trinajstić information content (AvgIpc) is 3.17. The lowest BCUT2D eigenvalue weighted by Gasteiger charge is -2.32. The van der Waals surface area contributed by atoms with Crippen LogP contribution in [0.3, 0.4) is 0 Å². The number of carbonyl (C=O) groups is 1. The van der Waals surface area contributed by atoms with Gasteiger partial charge < -0.3 is 14.6 Å². The number of fused-ring (bicyclic) bond motifs is 3. The summed E-state index contributed by atoms with van der Waals surface area (Å²) in [7, 11) is 1.52. The summed E-state index contributed by atoms with van der Waals surface area (Å²) in [6.07, 6.45) is 0. The number of methoxy groups -OCH3 is 1. The second-order valence-corrected chi connectivity index (χ2v) is 6.19. The number of aromatic amines is 2. The molecule has 0 saturated carbocycles. The fraction of sp³-hybridized carbons (Fsp3) is 0.294. The van der Waals surface area contributed by atoms with Gasteiger partial charge in [-0.05, 0) is 31.2 Å². The highest BCUT2D eigenvalue weighted by Crippen LogP contribution is 2.40. The molecule has 1 aromatic carbocycles. The van der Waals surface area contributed by atoms with Crippen molar-refractivity contribution in [1.82, 2.24) is 20.1 Å². The predicted molar refractivity (Wildman–Crippen MR) is 86.8 cm³/mol. The van der Waals surface area contributed by atoms with Gasteiger partial charge in [0.25, 0.3) is 5.91 Å². The maximum absolute atomic E-state index is 14.7. The number of carbonyl (C=O) groups excluding carboxylic acids is 1. The summed E-state index contributed by atoms with van der Waals surface area (Å²) in [5.74, 6) is -3.11. The van der Waals surface area contributed by atoms with Crippen molar-refractivity contribution in [2.75, 3.05) is 13.7 Å². The topological polar surface area (TPSA) is 74.0 Å². The Kier molecular flexibility index (Phi) is 3.31. The van der Waals surface area contributed by atoms with Crippen LogP contribution in [0.2, 0.25) is 0 Å². The van der Waals surface area contributed by atoms with Crippen molar-refractivity contribution in [1.29, 1.82) is 0 Å². The van der Waals surface area contributed by atoms with Crippen molar-refractivity contribution in [2.24, 2.45) is 0 Å². The van der Waals surface area contributed by atoms with Gasteiger partial charge >= 0.3 is 5.92 Å². The molecule has 1 amide bonds. The molecule has 8 heteroatoms. The van der Waals surface area contributed by atoms with Gasteiger partial charge in [0.15, 0.2) is 0 Å². The van der Waals surface area contributed by atoms with Crippen molar-refractivity contribution in [3.63, 3.8) is 0 Å². The van der Waals surface area contributed by atoms with Gasteiger partial charge in [-0.25, -0.2) is 0 Å². The van der Waals surface area contributed by atoms with E-state index in [0.29, 0.717) is 27.9 Å². The molecule has 25 heavy (non-hydrogen) atoms. The second-order valence-electron chi connectivity index (χ2n) is 6.19. The number of hydrogen-bond donors (Lipinski definition) is 2. The Hall–Kier alpha value is -2.90. The molecule has 4 rings (SSSR count). The molecule has 2 aromatic heterocycles. The SMILES string of the molecule is COc1ccc2[nH]c3c(c2c1)CN(C(=O)c1cc(C)[nH]n1)CC3(F)F. The van der Waals surface area contributed by atoms with Gasteiger partial charge in [0, 0.05) is 28.7 Å². The van der Waals surface area contributed by atoms with Gasteiger partial charge in [-0.15, -0.1) is 0 Å². The number of aryl methyl sites for hydroxylation is 1. The highest BCUT2D eigenvalue weighted by Gasteiger charge is 2.44. The molecule has 3 aromatic rings. The van der Waals surface area contributed by atoms with E-state index in [2.05, 4.69) is 15.2 Å².